The number of para-hydroxylation sites is 1. The summed E-state index contributed by atoms with van der Waals surface area (Å²) in [5.74, 6) is 4.03. The van der Waals surface area contributed by atoms with Crippen molar-refractivity contribution in [3.05, 3.63) is 59.4 Å². The van der Waals surface area contributed by atoms with Crippen molar-refractivity contribution in [1.29, 1.82) is 0 Å². The summed E-state index contributed by atoms with van der Waals surface area (Å²) in [5.41, 5.74) is 3.56. The lowest BCUT2D eigenvalue weighted by Crippen LogP contribution is -2.21. The summed E-state index contributed by atoms with van der Waals surface area (Å²) in [6.45, 7) is 5.86. The fourth-order valence-electron chi connectivity index (χ4n) is 3.32. The number of nitrogens with one attached hydrogen (secondary N) is 1. The van der Waals surface area contributed by atoms with Crippen molar-refractivity contribution in [3.8, 4) is 17.2 Å². The van der Waals surface area contributed by atoms with Crippen LogP contribution in [0.1, 0.15) is 47.7 Å². The Morgan fingerprint density at radius 2 is 1.94 bits per heavy atom. The molecule has 6 nitrogen and oxygen atoms in total. The molecule has 0 unspecified atom stereocenters. The van der Waals surface area contributed by atoms with Gasteiger partial charge in [-0.3, -0.25) is 4.79 Å². The highest BCUT2D eigenvalue weighted by atomic mass is 32.2. The molecule has 0 atom stereocenters. The van der Waals surface area contributed by atoms with Crippen molar-refractivity contribution in [1.82, 2.24) is 10.1 Å². The van der Waals surface area contributed by atoms with E-state index >= 15 is 0 Å². The standard InChI is InChI=1S/C24H27N3O3S2/c1-15(2)22-26-23(30-27-22)19-7-4-6-16(3)21(19)25-20(28)14-29-18-10-8-17(9-11-18)24-31-12-5-13-32-24/h4,6-11,15,24H,5,12-14H2,1-3H3,(H,25,28). The molecule has 8 heteroatoms. The zero-order valence-electron chi connectivity index (χ0n) is 18.5. The summed E-state index contributed by atoms with van der Waals surface area (Å²) in [7, 11) is 0. The number of ether oxygens (including phenoxy) is 1. The van der Waals surface area contributed by atoms with E-state index in [4.69, 9.17) is 9.26 Å². The number of anilines is 1. The van der Waals surface area contributed by atoms with Gasteiger partial charge in [0.05, 0.1) is 15.8 Å². The van der Waals surface area contributed by atoms with Crippen LogP contribution in [0, 0.1) is 6.92 Å². The van der Waals surface area contributed by atoms with Gasteiger partial charge < -0.3 is 14.6 Å². The Kier molecular flexibility index (Phi) is 7.42. The minimum absolute atomic E-state index is 0.0822. The molecule has 1 amide bonds. The van der Waals surface area contributed by atoms with Crippen molar-refractivity contribution >= 4 is 35.1 Å². The molecule has 32 heavy (non-hydrogen) atoms. The number of aryl methyl sites for hydroxylation is 1. The molecule has 1 saturated heterocycles. The summed E-state index contributed by atoms with van der Waals surface area (Å²) >= 11 is 3.97. The number of thioether (sulfide) groups is 2. The summed E-state index contributed by atoms with van der Waals surface area (Å²) in [5, 5.41) is 6.98. The molecule has 1 aromatic heterocycles. The van der Waals surface area contributed by atoms with Gasteiger partial charge >= 0.3 is 0 Å². The number of nitrogens with zero attached hydrogens (tertiary/aromatic N) is 2. The van der Waals surface area contributed by atoms with Crippen molar-refractivity contribution in [2.75, 3.05) is 23.4 Å². The first-order valence-electron chi connectivity index (χ1n) is 10.7. The maximum atomic E-state index is 12.6. The monoisotopic (exact) mass is 469 g/mol. The minimum atomic E-state index is -0.244. The van der Waals surface area contributed by atoms with Crippen LogP contribution < -0.4 is 10.1 Å². The summed E-state index contributed by atoms with van der Waals surface area (Å²) in [6.07, 6.45) is 1.27. The second-order valence-corrected chi connectivity index (χ2v) is 10.7. The number of benzene rings is 2. The molecule has 2 heterocycles. The van der Waals surface area contributed by atoms with Crippen LogP contribution in [0.3, 0.4) is 0 Å². The zero-order chi connectivity index (χ0) is 22.5. The number of carbonyl (C=O) groups is 1. The lowest BCUT2D eigenvalue weighted by atomic mass is 10.1. The lowest BCUT2D eigenvalue weighted by Gasteiger charge is -2.21. The van der Waals surface area contributed by atoms with Crippen molar-refractivity contribution < 1.29 is 14.1 Å². The van der Waals surface area contributed by atoms with Gasteiger partial charge in [0.1, 0.15) is 5.75 Å². The largest absolute Gasteiger partial charge is 0.484 e. The van der Waals surface area contributed by atoms with Gasteiger partial charge in [0.25, 0.3) is 11.8 Å². The fourth-order valence-corrected chi connectivity index (χ4v) is 6.21. The molecule has 1 fully saturated rings. The SMILES string of the molecule is Cc1cccc(-c2nc(C(C)C)no2)c1NC(=O)COc1ccc(C2SCCCS2)cc1. The molecule has 1 aliphatic heterocycles. The molecule has 4 rings (SSSR count). The van der Waals surface area contributed by atoms with E-state index < -0.39 is 0 Å². The summed E-state index contributed by atoms with van der Waals surface area (Å²) in [6, 6.07) is 13.7. The highest BCUT2D eigenvalue weighted by Gasteiger charge is 2.19. The number of hydrogen-bond donors (Lipinski definition) is 1. The molecule has 0 radical (unpaired) electrons. The number of carbonyl (C=O) groups excluding carboxylic acids is 1. The van der Waals surface area contributed by atoms with E-state index in [9.17, 15) is 4.79 Å². The van der Waals surface area contributed by atoms with E-state index in [1.54, 1.807) is 0 Å². The van der Waals surface area contributed by atoms with E-state index in [1.807, 2.05) is 74.6 Å². The first-order chi connectivity index (χ1) is 15.5. The predicted molar refractivity (Wildman–Crippen MR) is 131 cm³/mol. The van der Waals surface area contributed by atoms with Gasteiger partial charge in [0.2, 0.25) is 0 Å². The lowest BCUT2D eigenvalue weighted by molar-refractivity contribution is -0.118. The van der Waals surface area contributed by atoms with Crippen molar-refractivity contribution in [2.24, 2.45) is 0 Å². The van der Waals surface area contributed by atoms with Crippen LogP contribution in [0.15, 0.2) is 47.0 Å². The average Bonchev–Trinajstić information content (AvgIpc) is 3.31. The first kappa shape index (κ1) is 22.7. The van der Waals surface area contributed by atoms with Crippen LogP contribution in [-0.4, -0.2) is 34.2 Å². The smallest absolute Gasteiger partial charge is 0.262 e. The van der Waals surface area contributed by atoms with Crippen LogP contribution in [0.5, 0.6) is 5.75 Å². The third kappa shape index (κ3) is 5.48. The molecular formula is C24H27N3O3S2. The Morgan fingerprint density at radius 3 is 2.62 bits per heavy atom. The predicted octanol–water partition coefficient (Wildman–Crippen LogP) is 6.05. The number of aromatic nitrogens is 2. The second kappa shape index (κ2) is 10.4. The van der Waals surface area contributed by atoms with Crippen LogP contribution in [0.25, 0.3) is 11.5 Å². The highest BCUT2D eigenvalue weighted by Crippen LogP contribution is 2.43. The van der Waals surface area contributed by atoms with E-state index in [-0.39, 0.29) is 18.4 Å². The molecule has 0 spiro atoms. The minimum Gasteiger partial charge on any atom is -0.484 e. The molecular weight excluding hydrogens is 442 g/mol. The van der Waals surface area contributed by atoms with E-state index in [0.29, 0.717) is 33.3 Å². The van der Waals surface area contributed by atoms with Crippen LogP contribution >= 0.6 is 23.5 Å². The zero-order valence-corrected chi connectivity index (χ0v) is 20.1. The van der Waals surface area contributed by atoms with Gasteiger partial charge in [-0.15, -0.1) is 23.5 Å². The summed E-state index contributed by atoms with van der Waals surface area (Å²) in [4.78, 5) is 17.1. The van der Waals surface area contributed by atoms with Gasteiger partial charge in [-0.25, -0.2) is 0 Å². The van der Waals surface area contributed by atoms with Gasteiger partial charge in [0, 0.05) is 5.92 Å². The Morgan fingerprint density at radius 1 is 1.19 bits per heavy atom. The van der Waals surface area contributed by atoms with Gasteiger partial charge in [-0.05, 0) is 54.2 Å². The number of rotatable bonds is 7. The van der Waals surface area contributed by atoms with E-state index in [0.717, 1.165) is 5.56 Å². The molecule has 168 valence electrons. The Balaban J connectivity index is 1.40. The number of hydrogen-bond acceptors (Lipinski definition) is 7. The topological polar surface area (TPSA) is 77.3 Å². The summed E-state index contributed by atoms with van der Waals surface area (Å²) < 4.78 is 11.6. The molecule has 0 aliphatic carbocycles. The molecule has 1 aliphatic rings. The Bertz CT molecular complexity index is 1060. The van der Waals surface area contributed by atoms with E-state index in [1.165, 1.54) is 23.5 Å². The van der Waals surface area contributed by atoms with Crippen LogP contribution in [0.2, 0.25) is 0 Å². The average molecular weight is 470 g/mol. The molecule has 2 aromatic carbocycles. The van der Waals surface area contributed by atoms with Crippen LogP contribution in [0.4, 0.5) is 5.69 Å². The molecule has 0 bridgehead atoms. The molecule has 3 aromatic rings. The van der Waals surface area contributed by atoms with Gasteiger partial charge in [-0.1, -0.05) is 43.3 Å². The van der Waals surface area contributed by atoms with E-state index in [2.05, 4.69) is 27.6 Å². The molecule has 0 saturated carbocycles. The highest BCUT2D eigenvalue weighted by molar-refractivity contribution is 8.16. The normalized spacial score (nSPS) is 14.5. The molecule has 1 N–H and O–H groups in total. The first-order valence-corrected chi connectivity index (χ1v) is 12.8. The fraction of sp³-hybridized carbons (Fsp3) is 0.375. The van der Waals surface area contributed by atoms with Crippen molar-refractivity contribution in [2.45, 2.75) is 37.7 Å². The number of amides is 1. The maximum absolute atomic E-state index is 12.6. The quantitative estimate of drug-likeness (QED) is 0.451. The second-order valence-electron chi connectivity index (χ2n) is 7.94. The Labute approximate surface area is 196 Å². The van der Waals surface area contributed by atoms with Crippen molar-refractivity contribution in [3.63, 3.8) is 0 Å². The van der Waals surface area contributed by atoms with Crippen LogP contribution in [-0.2, 0) is 4.79 Å². The maximum Gasteiger partial charge on any atom is 0.262 e. The third-order valence-corrected chi connectivity index (χ3v) is 8.09. The van der Waals surface area contributed by atoms with Gasteiger partial charge in [0.15, 0.2) is 12.4 Å². The Hall–Kier alpha value is -2.45. The van der Waals surface area contributed by atoms with Gasteiger partial charge in [-0.2, -0.15) is 4.98 Å². The third-order valence-electron chi connectivity index (χ3n) is 5.08.